The number of carbonyl (C=O) groups is 1. The first-order valence-corrected chi connectivity index (χ1v) is 12.9. The number of nitrogens with zero attached hydrogens (tertiary/aromatic N) is 7. The van der Waals surface area contributed by atoms with Crippen LogP contribution < -0.4 is 5.73 Å². The number of rotatable bonds is 9. The molecule has 11 nitrogen and oxygen atoms in total. The minimum Gasteiger partial charge on any atom is -0.384 e. The summed E-state index contributed by atoms with van der Waals surface area (Å²) in [4.78, 5) is 27.0. The Morgan fingerprint density at radius 2 is 2.13 bits per heavy atom. The van der Waals surface area contributed by atoms with Gasteiger partial charge in [-0.1, -0.05) is 12.1 Å². The molecule has 1 aliphatic rings. The van der Waals surface area contributed by atoms with Gasteiger partial charge in [0, 0.05) is 35.1 Å². The van der Waals surface area contributed by atoms with Crippen molar-refractivity contribution in [3.05, 3.63) is 65.9 Å². The van der Waals surface area contributed by atoms with Gasteiger partial charge in [0.1, 0.15) is 17.7 Å². The summed E-state index contributed by atoms with van der Waals surface area (Å²) in [6, 6.07) is 3.61. The second-order valence-corrected chi connectivity index (χ2v) is 10.3. The summed E-state index contributed by atoms with van der Waals surface area (Å²) in [5.74, 6) is 0.944. The van der Waals surface area contributed by atoms with Crippen LogP contribution in [-0.2, 0) is 12.0 Å². The minimum absolute atomic E-state index is 0.113. The van der Waals surface area contributed by atoms with E-state index < -0.39 is 5.60 Å². The van der Waals surface area contributed by atoms with Crippen molar-refractivity contribution in [2.45, 2.75) is 70.9 Å². The molecule has 0 saturated heterocycles. The SMILES string of the molecule is C/C=C\N(C(=O)c1nnc[nH]1)C(C)CCc1nc2c(-c3ccc(C(C)(C)O)nc3)cnn2c(N)c1C1CC1. The Hall–Kier alpha value is -4.12. The Labute approximate surface area is 220 Å². The first kappa shape index (κ1) is 25.5. The number of allylic oxidation sites excluding steroid dienone is 1. The van der Waals surface area contributed by atoms with E-state index in [0.717, 1.165) is 35.2 Å². The van der Waals surface area contributed by atoms with E-state index in [-0.39, 0.29) is 17.8 Å². The maximum atomic E-state index is 13.0. The smallest absolute Gasteiger partial charge is 0.295 e. The van der Waals surface area contributed by atoms with Gasteiger partial charge in [0.15, 0.2) is 5.65 Å². The highest BCUT2D eigenvalue weighted by atomic mass is 16.3. The lowest BCUT2D eigenvalue weighted by Gasteiger charge is -2.25. The maximum Gasteiger partial charge on any atom is 0.295 e. The molecule has 1 saturated carbocycles. The number of nitrogens with one attached hydrogen (secondary N) is 1. The fourth-order valence-electron chi connectivity index (χ4n) is 4.69. The number of amides is 1. The molecule has 38 heavy (non-hydrogen) atoms. The number of aryl methyl sites for hydroxylation is 1. The van der Waals surface area contributed by atoms with Gasteiger partial charge in [-0.2, -0.15) is 9.61 Å². The van der Waals surface area contributed by atoms with Gasteiger partial charge < -0.3 is 20.7 Å². The highest BCUT2D eigenvalue weighted by Crippen LogP contribution is 2.45. The number of fused-ring (bicyclic) bond motifs is 1. The number of aromatic amines is 1. The first-order valence-electron chi connectivity index (χ1n) is 12.9. The van der Waals surface area contributed by atoms with Crippen molar-refractivity contribution < 1.29 is 9.90 Å². The quantitative estimate of drug-likeness (QED) is 0.306. The summed E-state index contributed by atoms with van der Waals surface area (Å²) in [6.45, 7) is 7.29. The van der Waals surface area contributed by atoms with Crippen molar-refractivity contribution in [3.8, 4) is 11.1 Å². The molecule has 1 aliphatic carbocycles. The van der Waals surface area contributed by atoms with Crippen LogP contribution in [0.2, 0.25) is 0 Å². The van der Waals surface area contributed by atoms with Crippen LogP contribution in [-0.4, -0.2) is 56.7 Å². The minimum atomic E-state index is -1.03. The number of nitrogens with two attached hydrogens (primary N) is 1. The molecule has 4 heterocycles. The first-order chi connectivity index (χ1) is 18.2. The van der Waals surface area contributed by atoms with Crippen LogP contribution in [0.5, 0.6) is 0 Å². The van der Waals surface area contributed by atoms with Gasteiger partial charge in [0.25, 0.3) is 5.91 Å². The van der Waals surface area contributed by atoms with E-state index in [1.807, 2.05) is 32.1 Å². The van der Waals surface area contributed by atoms with E-state index in [1.54, 1.807) is 41.9 Å². The molecule has 1 amide bonds. The standard InChI is InChI=1S/C27H33N9O2/c1-5-12-35(26(37)24-30-15-31-34-24)16(2)6-10-20-22(17-7-8-17)23(28)36-25(33-20)19(14-32-36)18-9-11-21(29-13-18)27(3,4)38/h5,9,11-17,38H,6-8,10,28H2,1-4H3,(H,30,31,34)/b12-5-. The largest absolute Gasteiger partial charge is 0.384 e. The summed E-state index contributed by atoms with van der Waals surface area (Å²) < 4.78 is 1.71. The summed E-state index contributed by atoms with van der Waals surface area (Å²) in [5.41, 5.74) is 10.5. The summed E-state index contributed by atoms with van der Waals surface area (Å²) in [5, 5.41) is 22.4. The fraction of sp³-hybridized carbons (Fsp3) is 0.407. The number of anilines is 1. The van der Waals surface area contributed by atoms with Crippen LogP contribution >= 0.6 is 0 Å². The second-order valence-electron chi connectivity index (χ2n) is 10.3. The molecule has 1 unspecified atom stereocenters. The van der Waals surface area contributed by atoms with Gasteiger partial charge in [-0.05, 0) is 65.4 Å². The van der Waals surface area contributed by atoms with E-state index >= 15 is 0 Å². The Bertz CT molecular complexity index is 1460. The van der Waals surface area contributed by atoms with E-state index in [2.05, 4.69) is 25.3 Å². The van der Waals surface area contributed by atoms with Crippen LogP contribution in [0.1, 0.15) is 80.4 Å². The molecule has 0 radical (unpaired) electrons. The Morgan fingerprint density at radius 1 is 1.34 bits per heavy atom. The lowest BCUT2D eigenvalue weighted by atomic mass is 10.0. The Kier molecular flexibility index (Phi) is 6.70. The number of H-pyrrole nitrogens is 1. The molecule has 198 valence electrons. The van der Waals surface area contributed by atoms with E-state index in [9.17, 15) is 9.90 Å². The highest BCUT2D eigenvalue weighted by molar-refractivity contribution is 5.91. The molecular weight excluding hydrogens is 482 g/mol. The Balaban J connectivity index is 1.46. The van der Waals surface area contributed by atoms with Crippen molar-refractivity contribution >= 4 is 17.4 Å². The number of hydrogen-bond acceptors (Lipinski definition) is 8. The summed E-state index contributed by atoms with van der Waals surface area (Å²) in [7, 11) is 0. The zero-order valence-corrected chi connectivity index (χ0v) is 22.1. The predicted octanol–water partition coefficient (Wildman–Crippen LogP) is 3.59. The van der Waals surface area contributed by atoms with Gasteiger partial charge in [-0.15, -0.1) is 10.2 Å². The van der Waals surface area contributed by atoms with Gasteiger partial charge >= 0.3 is 0 Å². The molecule has 4 N–H and O–H groups in total. The van der Waals surface area contributed by atoms with E-state index in [1.165, 1.54) is 6.33 Å². The average molecular weight is 516 g/mol. The van der Waals surface area contributed by atoms with Crippen LogP contribution in [0.3, 0.4) is 0 Å². The number of carbonyl (C=O) groups excluding carboxylic acids is 1. The maximum absolute atomic E-state index is 13.0. The molecule has 0 spiro atoms. The van der Waals surface area contributed by atoms with Gasteiger partial charge in [-0.3, -0.25) is 9.78 Å². The van der Waals surface area contributed by atoms with Crippen LogP contribution in [0.25, 0.3) is 16.8 Å². The Morgan fingerprint density at radius 3 is 2.74 bits per heavy atom. The van der Waals surface area contributed by atoms with E-state index in [4.69, 9.17) is 10.7 Å². The molecular formula is C27H33N9O2. The second kappa shape index (κ2) is 9.97. The fourth-order valence-corrected chi connectivity index (χ4v) is 4.69. The van der Waals surface area contributed by atoms with Crippen LogP contribution in [0.15, 0.2) is 43.1 Å². The topological polar surface area (TPSA) is 151 Å². The van der Waals surface area contributed by atoms with Crippen molar-refractivity contribution in [1.29, 1.82) is 0 Å². The molecule has 11 heteroatoms. The zero-order chi connectivity index (χ0) is 27.0. The van der Waals surface area contributed by atoms with Crippen LogP contribution in [0, 0.1) is 0 Å². The van der Waals surface area contributed by atoms with Gasteiger partial charge in [0.05, 0.1) is 17.6 Å². The summed E-state index contributed by atoms with van der Waals surface area (Å²) in [6.07, 6.45) is 11.9. The lowest BCUT2D eigenvalue weighted by Crippen LogP contribution is -2.35. The van der Waals surface area contributed by atoms with Crippen molar-refractivity contribution in [3.63, 3.8) is 0 Å². The monoisotopic (exact) mass is 515 g/mol. The number of nitrogen functional groups attached to an aromatic ring is 1. The summed E-state index contributed by atoms with van der Waals surface area (Å²) >= 11 is 0. The molecule has 4 aromatic heterocycles. The third kappa shape index (κ3) is 4.89. The predicted molar refractivity (Wildman–Crippen MR) is 143 cm³/mol. The molecule has 5 rings (SSSR count). The van der Waals surface area contributed by atoms with Crippen LogP contribution in [0.4, 0.5) is 5.82 Å². The highest BCUT2D eigenvalue weighted by Gasteiger charge is 2.32. The molecule has 1 fully saturated rings. The number of aliphatic hydroxyl groups is 1. The van der Waals surface area contributed by atoms with Crippen molar-refractivity contribution in [2.75, 3.05) is 5.73 Å². The van der Waals surface area contributed by atoms with Crippen molar-refractivity contribution in [1.82, 2.24) is 39.7 Å². The number of pyridine rings is 1. The zero-order valence-electron chi connectivity index (χ0n) is 22.1. The number of aromatic nitrogens is 7. The molecule has 4 aromatic rings. The molecule has 0 aliphatic heterocycles. The average Bonchev–Trinajstić information content (AvgIpc) is 3.38. The van der Waals surface area contributed by atoms with Crippen molar-refractivity contribution in [2.24, 2.45) is 0 Å². The van der Waals surface area contributed by atoms with Gasteiger partial charge in [-0.25, -0.2) is 4.98 Å². The third-order valence-electron chi connectivity index (χ3n) is 6.92. The normalized spacial score (nSPS) is 14.9. The molecule has 1 atom stereocenters. The van der Waals surface area contributed by atoms with Gasteiger partial charge in [0.2, 0.25) is 5.82 Å². The lowest BCUT2D eigenvalue weighted by molar-refractivity contribution is 0.0737. The van der Waals surface area contributed by atoms with E-state index in [0.29, 0.717) is 35.9 Å². The molecule has 0 aromatic carbocycles. The number of hydrogen-bond donors (Lipinski definition) is 3. The third-order valence-corrected chi connectivity index (χ3v) is 6.92. The molecule has 0 bridgehead atoms.